The molecule has 0 saturated carbocycles. The maximum absolute atomic E-state index is 12.2. The topological polar surface area (TPSA) is 62.7 Å². The molecule has 0 aliphatic rings. The van der Waals surface area contributed by atoms with E-state index >= 15 is 0 Å². The van der Waals surface area contributed by atoms with Crippen LogP contribution in [0.15, 0.2) is 41.8 Å². The molecule has 0 saturated heterocycles. The largest absolute Gasteiger partial charge is 0.326 e. The van der Waals surface area contributed by atoms with Gasteiger partial charge in [0, 0.05) is 18.7 Å². The van der Waals surface area contributed by atoms with E-state index in [2.05, 4.69) is 34.6 Å². The number of aromatic amines is 1. The summed E-state index contributed by atoms with van der Waals surface area (Å²) in [7, 11) is 0. The lowest BCUT2D eigenvalue weighted by Crippen LogP contribution is -2.15. The molecule has 3 aromatic rings. The van der Waals surface area contributed by atoms with E-state index in [0.29, 0.717) is 17.7 Å². The van der Waals surface area contributed by atoms with Crippen molar-refractivity contribution in [3.8, 4) is 10.7 Å². The lowest BCUT2D eigenvalue weighted by atomic mass is 10.1. The first-order valence-electron chi connectivity index (χ1n) is 8.25. The second-order valence-corrected chi connectivity index (χ2v) is 7.06. The number of aromatic nitrogens is 3. The van der Waals surface area contributed by atoms with E-state index in [1.165, 1.54) is 5.56 Å². The molecule has 3 rings (SSSR count). The van der Waals surface area contributed by atoms with Gasteiger partial charge in [-0.25, -0.2) is 0 Å². The zero-order chi connectivity index (χ0) is 17.6. The highest BCUT2D eigenvalue weighted by Crippen LogP contribution is 2.23. The zero-order valence-electron chi connectivity index (χ0n) is 14.0. The van der Waals surface area contributed by atoms with Crippen LogP contribution in [0.3, 0.4) is 0 Å². The van der Waals surface area contributed by atoms with Gasteiger partial charge in [-0.3, -0.25) is 14.5 Å². The summed E-state index contributed by atoms with van der Waals surface area (Å²) in [5.41, 5.74) is 2.10. The Bertz CT molecular complexity index is 879. The number of thiophene rings is 1. The number of hydrogen-bond acceptors (Lipinski definition) is 4. The summed E-state index contributed by atoms with van der Waals surface area (Å²) in [6, 6.07) is 12.0. The first-order valence-corrected chi connectivity index (χ1v) is 9.54. The number of nitrogens with one attached hydrogen (secondary N) is 2. The Kier molecular flexibility index (Phi) is 5.78. The Morgan fingerprint density at radius 3 is 2.80 bits per heavy atom. The van der Waals surface area contributed by atoms with Gasteiger partial charge in [-0.1, -0.05) is 31.5 Å². The molecule has 2 heterocycles. The number of H-pyrrole nitrogens is 1. The van der Waals surface area contributed by atoms with Gasteiger partial charge in [0.1, 0.15) is 0 Å². The Morgan fingerprint density at radius 2 is 2.12 bits per heavy atom. The second-order valence-electron chi connectivity index (χ2n) is 5.73. The molecular formula is C18H20N4OS2. The normalized spacial score (nSPS) is 10.8. The van der Waals surface area contributed by atoms with Crippen molar-refractivity contribution >= 4 is 35.1 Å². The number of carbonyl (C=O) groups excluding carboxylic acids is 1. The van der Waals surface area contributed by atoms with Crippen molar-refractivity contribution in [2.24, 2.45) is 0 Å². The van der Waals surface area contributed by atoms with Crippen LogP contribution in [0.1, 0.15) is 25.3 Å². The van der Waals surface area contributed by atoms with Crippen LogP contribution in [-0.2, 0) is 17.8 Å². The molecule has 2 N–H and O–H groups in total. The van der Waals surface area contributed by atoms with Crippen LogP contribution >= 0.6 is 23.6 Å². The zero-order valence-corrected chi connectivity index (χ0v) is 15.6. The minimum absolute atomic E-state index is 0.0385. The minimum atomic E-state index is -0.0385. The second kappa shape index (κ2) is 8.22. The summed E-state index contributed by atoms with van der Waals surface area (Å²) in [6.07, 6.45) is 2.50. The first kappa shape index (κ1) is 17.6. The van der Waals surface area contributed by atoms with Crippen molar-refractivity contribution in [1.82, 2.24) is 14.8 Å². The molecule has 0 fully saturated rings. The van der Waals surface area contributed by atoms with Gasteiger partial charge < -0.3 is 5.32 Å². The Hall–Kier alpha value is -2.25. The van der Waals surface area contributed by atoms with Crippen LogP contribution in [0.2, 0.25) is 0 Å². The van der Waals surface area contributed by atoms with Crippen LogP contribution in [-0.4, -0.2) is 20.7 Å². The van der Waals surface area contributed by atoms with E-state index < -0.39 is 0 Å². The van der Waals surface area contributed by atoms with E-state index in [1.807, 2.05) is 34.2 Å². The molecule has 0 aliphatic carbocycles. The van der Waals surface area contributed by atoms with Gasteiger partial charge in [-0.15, -0.1) is 11.3 Å². The van der Waals surface area contributed by atoms with Crippen molar-refractivity contribution < 1.29 is 4.79 Å². The molecule has 0 spiro atoms. The highest BCUT2D eigenvalue weighted by molar-refractivity contribution is 7.71. The summed E-state index contributed by atoms with van der Waals surface area (Å²) in [4.78, 5) is 13.3. The van der Waals surface area contributed by atoms with Crippen LogP contribution < -0.4 is 5.32 Å². The predicted molar refractivity (Wildman–Crippen MR) is 104 cm³/mol. The smallest absolute Gasteiger partial charge is 0.226 e. The number of nitrogens with zero attached hydrogens (tertiary/aromatic N) is 2. The van der Waals surface area contributed by atoms with Gasteiger partial charge in [0.05, 0.1) is 4.88 Å². The standard InChI is InChI=1S/C18H20N4OS2/c1-2-4-13-6-8-14(9-7-13)19-16(23)10-11-22-17(20-21-18(22)24)15-5-3-12-25-15/h3,5-9,12H,2,4,10-11H2,1H3,(H,19,23)(H,21,24). The number of aryl methyl sites for hydroxylation is 1. The molecule has 0 bridgehead atoms. The van der Waals surface area contributed by atoms with Crippen molar-refractivity contribution in [1.29, 1.82) is 0 Å². The van der Waals surface area contributed by atoms with Gasteiger partial charge in [0.2, 0.25) is 5.91 Å². The summed E-state index contributed by atoms with van der Waals surface area (Å²) in [5.74, 6) is 0.736. The Morgan fingerprint density at radius 1 is 1.32 bits per heavy atom. The van der Waals surface area contributed by atoms with Crippen molar-refractivity contribution in [3.05, 3.63) is 52.1 Å². The monoisotopic (exact) mass is 372 g/mol. The third kappa shape index (κ3) is 4.43. The van der Waals surface area contributed by atoms with Gasteiger partial charge in [-0.2, -0.15) is 5.10 Å². The molecule has 0 atom stereocenters. The quantitative estimate of drug-likeness (QED) is 0.593. The number of benzene rings is 1. The number of hydrogen-bond donors (Lipinski definition) is 2. The molecule has 0 unspecified atom stereocenters. The summed E-state index contributed by atoms with van der Waals surface area (Å²) >= 11 is 6.88. The Balaban J connectivity index is 1.61. The highest BCUT2D eigenvalue weighted by atomic mass is 32.1. The summed E-state index contributed by atoms with van der Waals surface area (Å²) < 4.78 is 2.39. The molecule has 7 heteroatoms. The fourth-order valence-electron chi connectivity index (χ4n) is 2.60. The summed E-state index contributed by atoms with van der Waals surface area (Å²) in [6.45, 7) is 2.64. The molecule has 1 aromatic carbocycles. The first-order chi connectivity index (χ1) is 12.2. The molecule has 0 radical (unpaired) electrons. The Labute approximate surface area is 155 Å². The van der Waals surface area contributed by atoms with Crippen molar-refractivity contribution in [2.75, 3.05) is 5.32 Å². The van der Waals surface area contributed by atoms with Crippen LogP contribution in [0.5, 0.6) is 0 Å². The summed E-state index contributed by atoms with van der Waals surface area (Å²) in [5, 5.41) is 12.0. The third-order valence-electron chi connectivity index (χ3n) is 3.84. The lowest BCUT2D eigenvalue weighted by Gasteiger charge is -2.08. The molecular weight excluding hydrogens is 352 g/mol. The van der Waals surface area contributed by atoms with Crippen molar-refractivity contribution in [2.45, 2.75) is 32.7 Å². The SMILES string of the molecule is CCCc1ccc(NC(=O)CCn2c(-c3cccs3)n[nH]c2=S)cc1. The van der Waals surface area contributed by atoms with E-state index in [9.17, 15) is 4.79 Å². The molecule has 1 amide bonds. The average molecular weight is 373 g/mol. The predicted octanol–water partition coefficient (Wildman–Crippen LogP) is 4.65. The van der Waals surface area contributed by atoms with Crippen LogP contribution in [0.4, 0.5) is 5.69 Å². The van der Waals surface area contributed by atoms with Gasteiger partial charge >= 0.3 is 0 Å². The molecule has 0 aliphatic heterocycles. The molecule has 5 nitrogen and oxygen atoms in total. The van der Waals surface area contributed by atoms with Gasteiger partial charge in [0.15, 0.2) is 10.6 Å². The highest BCUT2D eigenvalue weighted by Gasteiger charge is 2.11. The fraction of sp³-hybridized carbons (Fsp3) is 0.278. The van der Waals surface area contributed by atoms with Gasteiger partial charge in [-0.05, 0) is 47.8 Å². The van der Waals surface area contributed by atoms with Crippen LogP contribution in [0, 0.1) is 4.77 Å². The number of anilines is 1. The lowest BCUT2D eigenvalue weighted by molar-refractivity contribution is -0.116. The van der Waals surface area contributed by atoms with E-state index in [1.54, 1.807) is 11.3 Å². The maximum Gasteiger partial charge on any atom is 0.226 e. The average Bonchev–Trinajstić information content (AvgIpc) is 3.25. The van der Waals surface area contributed by atoms with Gasteiger partial charge in [0.25, 0.3) is 0 Å². The fourth-order valence-corrected chi connectivity index (χ4v) is 3.54. The third-order valence-corrected chi connectivity index (χ3v) is 5.02. The maximum atomic E-state index is 12.2. The van der Waals surface area contributed by atoms with E-state index in [4.69, 9.17) is 12.2 Å². The number of rotatable bonds is 7. The molecule has 130 valence electrons. The minimum Gasteiger partial charge on any atom is -0.326 e. The van der Waals surface area contributed by atoms with E-state index in [0.717, 1.165) is 29.2 Å². The van der Waals surface area contributed by atoms with Crippen LogP contribution in [0.25, 0.3) is 10.7 Å². The van der Waals surface area contributed by atoms with Crippen molar-refractivity contribution in [3.63, 3.8) is 0 Å². The molecule has 2 aromatic heterocycles. The number of amides is 1. The number of carbonyl (C=O) groups is 1. The van der Waals surface area contributed by atoms with E-state index in [-0.39, 0.29) is 5.91 Å². The molecule has 25 heavy (non-hydrogen) atoms.